The Hall–Kier alpha value is -0.690. The van der Waals surface area contributed by atoms with Crippen LogP contribution in [-0.2, 0) is 28.5 Å². The monoisotopic (exact) mass is 544 g/mol. The van der Waals surface area contributed by atoms with E-state index in [1.807, 2.05) is 0 Å². The molecule has 0 radical (unpaired) electrons. The van der Waals surface area contributed by atoms with Gasteiger partial charge >= 0.3 is 5.97 Å². The zero-order valence-corrected chi connectivity index (χ0v) is 25.8. The summed E-state index contributed by atoms with van der Waals surface area (Å²) in [5, 5.41) is 0. The number of carbonyl (C=O) groups is 1. The van der Waals surface area contributed by atoms with Crippen LogP contribution in [0.5, 0.6) is 0 Å². The largest absolute Gasteiger partial charge is 0.466 e. The second-order valence-electron chi connectivity index (χ2n) is 11.4. The van der Waals surface area contributed by atoms with Crippen LogP contribution in [0.25, 0.3) is 0 Å². The van der Waals surface area contributed by atoms with E-state index in [1.165, 1.54) is 77.0 Å². The summed E-state index contributed by atoms with van der Waals surface area (Å²) in [5.74, 6) is 1.30. The van der Waals surface area contributed by atoms with Gasteiger partial charge in [0, 0.05) is 19.6 Å². The summed E-state index contributed by atoms with van der Waals surface area (Å²) >= 11 is 0. The third kappa shape index (κ3) is 33.3. The molecule has 0 amide bonds. The van der Waals surface area contributed by atoms with Gasteiger partial charge < -0.3 is 23.7 Å². The molecule has 0 unspecified atom stereocenters. The third-order valence-electron chi connectivity index (χ3n) is 6.43. The van der Waals surface area contributed by atoms with Crippen LogP contribution in [0.2, 0.25) is 0 Å². The van der Waals surface area contributed by atoms with Gasteiger partial charge in [0.25, 0.3) is 0 Å². The van der Waals surface area contributed by atoms with Crippen molar-refractivity contribution in [3.05, 3.63) is 0 Å². The number of rotatable bonds is 31. The van der Waals surface area contributed by atoms with Gasteiger partial charge in [0.2, 0.25) is 0 Å². The average molecular weight is 545 g/mol. The van der Waals surface area contributed by atoms with E-state index in [4.69, 9.17) is 23.7 Å². The second kappa shape index (κ2) is 30.8. The van der Waals surface area contributed by atoms with Gasteiger partial charge in [-0.15, -0.1) is 0 Å². The molecule has 0 spiro atoms. The second-order valence-corrected chi connectivity index (χ2v) is 11.4. The Morgan fingerprint density at radius 2 is 0.868 bits per heavy atom. The maximum atomic E-state index is 11.8. The van der Waals surface area contributed by atoms with Gasteiger partial charge in [-0.25, -0.2) is 0 Å². The average Bonchev–Trinajstić information content (AvgIpc) is 2.88. The molecule has 0 aromatic carbocycles. The molecule has 0 saturated carbocycles. The van der Waals surface area contributed by atoms with Crippen LogP contribution in [-0.4, -0.2) is 65.4 Å². The summed E-state index contributed by atoms with van der Waals surface area (Å²) in [6, 6.07) is 0. The molecule has 0 aromatic heterocycles. The normalized spacial score (nSPS) is 11.6. The Bertz CT molecular complexity index is 469. The van der Waals surface area contributed by atoms with Crippen molar-refractivity contribution in [1.82, 2.24) is 0 Å². The Labute approximate surface area is 236 Å². The minimum atomic E-state index is -0.112. The minimum absolute atomic E-state index is 0.112. The fourth-order valence-electron chi connectivity index (χ4n) is 4.15. The number of unbranched alkanes of at least 4 members (excludes halogenated alkanes) is 12. The van der Waals surface area contributed by atoms with Gasteiger partial charge in [-0.05, 0) is 24.7 Å². The van der Waals surface area contributed by atoms with E-state index >= 15 is 0 Å². The van der Waals surface area contributed by atoms with Crippen LogP contribution in [0.3, 0.4) is 0 Å². The minimum Gasteiger partial charge on any atom is -0.466 e. The molecule has 0 fully saturated rings. The maximum absolute atomic E-state index is 11.8. The van der Waals surface area contributed by atoms with Crippen LogP contribution in [0, 0.1) is 11.8 Å². The number of esters is 1. The molecule has 0 rings (SSSR count). The lowest BCUT2D eigenvalue weighted by atomic mass is 10.0. The Morgan fingerprint density at radius 1 is 0.447 bits per heavy atom. The molecule has 38 heavy (non-hydrogen) atoms. The molecule has 0 aliphatic rings. The Morgan fingerprint density at radius 3 is 1.34 bits per heavy atom. The molecule has 0 N–H and O–H groups in total. The van der Waals surface area contributed by atoms with Crippen molar-refractivity contribution in [2.75, 3.05) is 59.5 Å². The third-order valence-corrected chi connectivity index (χ3v) is 6.43. The molecular formula is C32H64O6. The molecule has 0 aromatic rings. The standard InChI is InChI=1S/C32H64O6/c1-30(2)19-16-14-12-10-8-6-5-7-9-11-13-15-17-22-38-32(33)20-18-21-34-23-24-35-25-26-36-27-28-37-29-31(3)4/h30-31H,5-29H2,1-4H3. The van der Waals surface area contributed by atoms with Crippen LogP contribution < -0.4 is 0 Å². The first-order chi connectivity index (χ1) is 18.5. The van der Waals surface area contributed by atoms with Crippen molar-refractivity contribution in [3.8, 4) is 0 Å². The number of hydrogen-bond acceptors (Lipinski definition) is 6. The summed E-state index contributed by atoms with van der Waals surface area (Å²) in [7, 11) is 0. The lowest BCUT2D eigenvalue weighted by Gasteiger charge is -2.08. The van der Waals surface area contributed by atoms with Crippen molar-refractivity contribution in [1.29, 1.82) is 0 Å². The van der Waals surface area contributed by atoms with Crippen molar-refractivity contribution in [2.24, 2.45) is 11.8 Å². The topological polar surface area (TPSA) is 63.2 Å². The SMILES string of the molecule is CC(C)CCCCCCCCCCCCCCCOC(=O)CCCOCCOCCOCCOCC(C)C. The number of ether oxygens (including phenoxy) is 5. The van der Waals surface area contributed by atoms with Crippen molar-refractivity contribution in [3.63, 3.8) is 0 Å². The summed E-state index contributed by atoms with van der Waals surface area (Å²) in [5.41, 5.74) is 0. The molecule has 0 aliphatic heterocycles. The lowest BCUT2D eigenvalue weighted by Crippen LogP contribution is -2.13. The lowest BCUT2D eigenvalue weighted by molar-refractivity contribution is -0.144. The van der Waals surface area contributed by atoms with E-state index in [9.17, 15) is 4.79 Å². The van der Waals surface area contributed by atoms with E-state index in [2.05, 4.69) is 27.7 Å². The Kier molecular flexibility index (Phi) is 30.3. The maximum Gasteiger partial charge on any atom is 0.305 e. The highest BCUT2D eigenvalue weighted by molar-refractivity contribution is 5.69. The molecule has 0 aliphatic carbocycles. The highest BCUT2D eigenvalue weighted by Crippen LogP contribution is 2.14. The van der Waals surface area contributed by atoms with Crippen molar-refractivity contribution >= 4 is 5.97 Å². The highest BCUT2D eigenvalue weighted by atomic mass is 16.6. The van der Waals surface area contributed by atoms with Crippen LogP contribution >= 0.6 is 0 Å². The molecule has 0 bridgehead atoms. The van der Waals surface area contributed by atoms with E-state index < -0.39 is 0 Å². The van der Waals surface area contributed by atoms with Crippen LogP contribution in [0.4, 0.5) is 0 Å². The first-order valence-electron chi connectivity index (χ1n) is 16.0. The van der Waals surface area contributed by atoms with E-state index in [1.54, 1.807) is 0 Å². The van der Waals surface area contributed by atoms with Gasteiger partial charge in [0.1, 0.15) is 0 Å². The molecule has 228 valence electrons. The summed E-state index contributed by atoms with van der Waals surface area (Å²) in [6.45, 7) is 14.2. The van der Waals surface area contributed by atoms with E-state index in [0.717, 1.165) is 25.4 Å². The molecule has 0 saturated heterocycles. The van der Waals surface area contributed by atoms with Crippen molar-refractivity contribution < 1.29 is 28.5 Å². The van der Waals surface area contributed by atoms with Gasteiger partial charge in [-0.1, -0.05) is 111 Å². The molecular weight excluding hydrogens is 480 g/mol. The fourth-order valence-corrected chi connectivity index (χ4v) is 4.15. The van der Waals surface area contributed by atoms with E-state index in [0.29, 0.717) is 71.6 Å². The Balaban J connectivity index is 3.16. The molecule has 0 atom stereocenters. The predicted molar refractivity (Wildman–Crippen MR) is 158 cm³/mol. The van der Waals surface area contributed by atoms with Gasteiger partial charge in [0.05, 0.1) is 46.2 Å². The first kappa shape index (κ1) is 37.3. The van der Waals surface area contributed by atoms with Crippen LogP contribution in [0.15, 0.2) is 0 Å². The van der Waals surface area contributed by atoms with E-state index in [-0.39, 0.29) is 5.97 Å². The van der Waals surface area contributed by atoms with Gasteiger partial charge in [0.15, 0.2) is 0 Å². The first-order valence-corrected chi connectivity index (χ1v) is 16.0. The molecule has 6 nitrogen and oxygen atoms in total. The van der Waals surface area contributed by atoms with Gasteiger partial charge in [-0.2, -0.15) is 0 Å². The zero-order valence-electron chi connectivity index (χ0n) is 25.8. The summed E-state index contributed by atoms with van der Waals surface area (Å²) in [6.07, 6.45) is 19.8. The summed E-state index contributed by atoms with van der Waals surface area (Å²) in [4.78, 5) is 11.8. The molecule has 6 heteroatoms. The fraction of sp³-hybridized carbons (Fsp3) is 0.969. The highest BCUT2D eigenvalue weighted by Gasteiger charge is 2.03. The predicted octanol–water partition coefficient (Wildman–Crippen LogP) is 8.15. The van der Waals surface area contributed by atoms with Gasteiger partial charge in [-0.3, -0.25) is 4.79 Å². The van der Waals surface area contributed by atoms with Crippen molar-refractivity contribution in [2.45, 2.75) is 130 Å². The zero-order chi connectivity index (χ0) is 27.9. The number of carbonyl (C=O) groups excluding carboxylic acids is 1. The van der Waals surface area contributed by atoms with Crippen LogP contribution in [0.1, 0.15) is 130 Å². The smallest absolute Gasteiger partial charge is 0.305 e. The molecule has 0 heterocycles. The summed E-state index contributed by atoms with van der Waals surface area (Å²) < 4.78 is 27.2. The quantitative estimate of drug-likeness (QED) is 0.0648. The number of hydrogen-bond donors (Lipinski definition) is 0.